The summed E-state index contributed by atoms with van der Waals surface area (Å²) in [5, 5.41) is 9.51. The summed E-state index contributed by atoms with van der Waals surface area (Å²) in [6.45, 7) is 0. The van der Waals surface area contributed by atoms with E-state index in [1.165, 1.54) is 12.2 Å². The SMILES string of the molecule is Oc1ccccc1OC1CCCSC1. The van der Waals surface area contributed by atoms with E-state index in [9.17, 15) is 5.11 Å². The Morgan fingerprint density at radius 1 is 1.36 bits per heavy atom. The van der Waals surface area contributed by atoms with E-state index in [1.807, 2.05) is 23.9 Å². The van der Waals surface area contributed by atoms with Crippen LogP contribution < -0.4 is 4.74 Å². The summed E-state index contributed by atoms with van der Waals surface area (Å²) in [4.78, 5) is 0. The average Bonchev–Trinajstić information content (AvgIpc) is 2.23. The molecule has 1 fully saturated rings. The van der Waals surface area contributed by atoms with Crippen molar-refractivity contribution in [2.24, 2.45) is 0 Å². The van der Waals surface area contributed by atoms with Gasteiger partial charge in [0.1, 0.15) is 6.10 Å². The predicted molar refractivity (Wildman–Crippen MR) is 59.1 cm³/mol. The fourth-order valence-electron chi connectivity index (χ4n) is 1.54. The number of phenolic OH excluding ortho intramolecular Hbond substituents is 1. The molecule has 0 saturated carbocycles. The molecule has 1 aromatic rings. The van der Waals surface area contributed by atoms with Crippen molar-refractivity contribution >= 4 is 11.8 Å². The van der Waals surface area contributed by atoms with Crippen LogP contribution in [0.25, 0.3) is 0 Å². The molecule has 2 nitrogen and oxygen atoms in total. The molecule has 2 rings (SSSR count). The van der Waals surface area contributed by atoms with Crippen LogP contribution in [0, 0.1) is 0 Å². The normalized spacial score (nSPS) is 21.9. The second-order valence-corrected chi connectivity index (χ2v) is 4.57. The molecular formula is C11H14O2S. The van der Waals surface area contributed by atoms with Gasteiger partial charge in [-0.3, -0.25) is 0 Å². The van der Waals surface area contributed by atoms with E-state index < -0.39 is 0 Å². The molecule has 0 spiro atoms. The van der Waals surface area contributed by atoms with Gasteiger partial charge in [0.05, 0.1) is 0 Å². The Morgan fingerprint density at radius 2 is 2.21 bits per heavy atom. The summed E-state index contributed by atoms with van der Waals surface area (Å²) < 4.78 is 5.72. The first-order valence-electron chi connectivity index (χ1n) is 4.88. The lowest BCUT2D eigenvalue weighted by molar-refractivity contribution is 0.203. The van der Waals surface area contributed by atoms with Crippen molar-refractivity contribution in [3.05, 3.63) is 24.3 Å². The molecule has 1 N–H and O–H groups in total. The number of aromatic hydroxyl groups is 1. The first kappa shape index (κ1) is 9.71. The van der Waals surface area contributed by atoms with Crippen LogP contribution in [0.4, 0.5) is 0 Å². The Labute approximate surface area is 88.3 Å². The molecule has 1 heterocycles. The van der Waals surface area contributed by atoms with Crippen molar-refractivity contribution < 1.29 is 9.84 Å². The molecule has 3 heteroatoms. The van der Waals surface area contributed by atoms with Crippen molar-refractivity contribution in [1.29, 1.82) is 0 Å². The van der Waals surface area contributed by atoms with Gasteiger partial charge in [0.25, 0.3) is 0 Å². The van der Waals surface area contributed by atoms with Gasteiger partial charge in [-0.25, -0.2) is 0 Å². The minimum Gasteiger partial charge on any atom is -0.504 e. The number of hydrogen-bond acceptors (Lipinski definition) is 3. The van der Waals surface area contributed by atoms with Crippen LogP contribution >= 0.6 is 11.8 Å². The molecule has 0 aliphatic carbocycles. The predicted octanol–water partition coefficient (Wildman–Crippen LogP) is 2.67. The van der Waals surface area contributed by atoms with Crippen molar-refractivity contribution in [3.63, 3.8) is 0 Å². The van der Waals surface area contributed by atoms with Crippen LogP contribution in [0.15, 0.2) is 24.3 Å². The third kappa shape index (κ3) is 2.35. The molecule has 76 valence electrons. The molecule has 1 saturated heterocycles. The smallest absolute Gasteiger partial charge is 0.161 e. The zero-order valence-corrected chi connectivity index (χ0v) is 8.80. The molecule has 0 amide bonds. The first-order valence-corrected chi connectivity index (χ1v) is 6.04. The highest BCUT2D eigenvalue weighted by molar-refractivity contribution is 7.99. The van der Waals surface area contributed by atoms with Crippen molar-refractivity contribution in [1.82, 2.24) is 0 Å². The molecule has 14 heavy (non-hydrogen) atoms. The van der Waals surface area contributed by atoms with Crippen LogP contribution in [0.3, 0.4) is 0 Å². The van der Waals surface area contributed by atoms with Crippen LogP contribution in [0.5, 0.6) is 11.5 Å². The van der Waals surface area contributed by atoms with Gasteiger partial charge >= 0.3 is 0 Å². The third-order valence-electron chi connectivity index (χ3n) is 2.28. The van der Waals surface area contributed by atoms with Crippen molar-refractivity contribution in [2.75, 3.05) is 11.5 Å². The second kappa shape index (κ2) is 4.60. The van der Waals surface area contributed by atoms with Crippen molar-refractivity contribution in [3.8, 4) is 11.5 Å². The van der Waals surface area contributed by atoms with Gasteiger partial charge in [-0.05, 0) is 30.7 Å². The van der Waals surface area contributed by atoms with Crippen LogP contribution in [-0.4, -0.2) is 22.7 Å². The minimum atomic E-state index is 0.239. The lowest BCUT2D eigenvalue weighted by Gasteiger charge is -2.22. The summed E-state index contributed by atoms with van der Waals surface area (Å²) in [5.41, 5.74) is 0. The van der Waals surface area contributed by atoms with Gasteiger partial charge in [0.15, 0.2) is 11.5 Å². The second-order valence-electron chi connectivity index (χ2n) is 3.42. The van der Waals surface area contributed by atoms with E-state index in [4.69, 9.17) is 4.74 Å². The highest BCUT2D eigenvalue weighted by Gasteiger charge is 2.16. The molecule has 1 aromatic carbocycles. The Balaban J connectivity index is 1.99. The fourth-order valence-corrected chi connectivity index (χ4v) is 2.58. The molecule has 1 aliphatic rings. The van der Waals surface area contributed by atoms with E-state index >= 15 is 0 Å². The molecule has 1 unspecified atom stereocenters. The molecule has 0 radical (unpaired) electrons. The van der Waals surface area contributed by atoms with Crippen LogP contribution in [0.2, 0.25) is 0 Å². The van der Waals surface area contributed by atoms with Gasteiger partial charge in [-0.15, -0.1) is 0 Å². The number of benzene rings is 1. The van der Waals surface area contributed by atoms with E-state index in [2.05, 4.69) is 0 Å². The number of hydrogen-bond donors (Lipinski definition) is 1. The Bertz CT molecular complexity index is 295. The van der Waals surface area contributed by atoms with Gasteiger partial charge in [-0.1, -0.05) is 12.1 Å². The zero-order valence-electron chi connectivity index (χ0n) is 7.98. The monoisotopic (exact) mass is 210 g/mol. The topological polar surface area (TPSA) is 29.5 Å². The maximum atomic E-state index is 9.51. The zero-order chi connectivity index (χ0) is 9.80. The van der Waals surface area contributed by atoms with Crippen LogP contribution in [-0.2, 0) is 0 Å². The van der Waals surface area contributed by atoms with Gasteiger partial charge in [-0.2, -0.15) is 11.8 Å². The maximum absolute atomic E-state index is 9.51. The number of ether oxygens (including phenoxy) is 1. The molecular weight excluding hydrogens is 196 g/mol. The van der Waals surface area contributed by atoms with Gasteiger partial charge < -0.3 is 9.84 Å². The maximum Gasteiger partial charge on any atom is 0.161 e. The molecule has 1 aliphatic heterocycles. The number of thioether (sulfide) groups is 1. The Morgan fingerprint density at radius 3 is 2.93 bits per heavy atom. The first-order chi connectivity index (χ1) is 6.86. The highest BCUT2D eigenvalue weighted by Crippen LogP contribution is 2.28. The number of rotatable bonds is 2. The van der Waals surface area contributed by atoms with E-state index in [1.54, 1.807) is 12.1 Å². The quantitative estimate of drug-likeness (QED) is 0.813. The van der Waals surface area contributed by atoms with Gasteiger partial charge in [0, 0.05) is 5.75 Å². The summed E-state index contributed by atoms with van der Waals surface area (Å²) in [5.74, 6) is 3.12. The summed E-state index contributed by atoms with van der Waals surface area (Å²) >= 11 is 1.92. The molecule has 1 atom stereocenters. The fraction of sp³-hybridized carbons (Fsp3) is 0.455. The Kier molecular flexibility index (Phi) is 3.19. The third-order valence-corrected chi connectivity index (χ3v) is 3.46. The van der Waals surface area contributed by atoms with Crippen molar-refractivity contribution in [2.45, 2.75) is 18.9 Å². The lowest BCUT2D eigenvalue weighted by atomic mass is 10.2. The minimum absolute atomic E-state index is 0.239. The number of phenols is 1. The van der Waals surface area contributed by atoms with E-state index in [-0.39, 0.29) is 11.9 Å². The van der Waals surface area contributed by atoms with E-state index in [0.717, 1.165) is 12.2 Å². The molecule has 0 bridgehead atoms. The van der Waals surface area contributed by atoms with E-state index in [0.29, 0.717) is 5.75 Å². The summed E-state index contributed by atoms with van der Waals surface area (Å²) in [6, 6.07) is 7.16. The van der Waals surface area contributed by atoms with Gasteiger partial charge in [0.2, 0.25) is 0 Å². The average molecular weight is 210 g/mol. The standard InChI is InChI=1S/C11H14O2S/c12-10-5-1-2-6-11(10)13-9-4-3-7-14-8-9/h1-2,5-6,9,12H,3-4,7-8H2. The lowest BCUT2D eigenvalue weighted by Crippen LogP contribution is -2.23. The Hall–Kier alpha value is -0.830. The molecule has 0 aromatic heterocycles. The highest BCUT2D eigenvalue weighted by atomic mass is 32.2. The van der Waals surface area contributed by atoms with Crippen LogP contribution in [0.1, 0.15) is 12.8 Å². The largest absolute Gasteiger partial charge is 0.504 e. The summed E-state index contributed by atoms with van der Waals surface area (Å²) in [6.07, 6.45) is 2.58. The summed E-state index contributed by atoms with van der Waals surface area (Å²) in [7, 11) is 0. The number of para-hydroxylation sites is 2.